The zero-order valence-corrected chi connectivity index (χ0v) is 12.6. The maximum absolute atomic E-state index is 5.24. The number of benzene rings is 1. The smallest absolute Gasteiger partial charge is 0.119 e. The fourth-order valence-electron chi connectivity index (χ4n) is 1.85. The molecule has 0 radical (unpaired) electrons. The van der Waals surface area contributed by atoms with Gasteiger partial charge in [0.15, 0.2) is 0 Å². The average molecular weight is 321 g/mol. The van der Waals surface area contributed by atoms with Gasteiger partial charge in [-0.05, 0) is 48.4 Å². The molecule has 1 unspecified atom stereocenters. The van der Waals surface area contributed by atoms with Crippen LogP contribution in [0.4, 0.5) is 0 Å². The van der Waals surface area contributed by atoms with Crippen molar-refractivity contribution in [1.29, 1.82) is 0 Å². The van der Waals surface area contributed by atoms with E-state index in [-0.39, 0.29) is 6.04 Å². The minimum absolute atomic E-state index is 0.279. The van der Waals surface area contributed by atoms with E-state index in [4.69, 9.17) is 4.74 Å². The molecule has 4 heteroatoms. The lowest BCUT2D eigenvalue weighted by Gasteiger charge is -2.15. The van der Waals surface area contributed by atoms with Crippen molar-refractivity contribution in [2.24, 2.45) is 0 Å². The van der Waals surface area contributed by atoms with Gasteiger partial charge in [0.1, 0.15) is 5.75 Å². The molecule has 2 aromatic rings. The van der Waals surface area contributed by atoms with Crippen molar-refractivity contribution in [3.63, 3.8) is 0 Å². The standard InChI is InChI=1S/C15H17BrN2O/c1-11(12-5-7-17-8-6-12)18-10-13-9-14(19-2)3-4-15(13)16/h3-9,11,18H,10H2,1-2H3. The Hall–Kier alpha value is -1.39. The number of pyridine rings is 1. The highest BCUT2D eigenvalue weighted by Gasteiger charge is 2.07. The van der Waals surface area contributed by atoms with E-state index in [9.17, 15) is 0 Å². The summed E-state index contributed by atoms with van der Waals surface area (Å²) in [5.74, 6) is 0.872. The van der Waals surface area contributed by atoms with Crippen molar-refractivity contribution in [2.45, 2.75) is 19.5 Å². The Balaban J connectivity index is 2.02. The Kier molecular flexibility index (Phi) is 4.93. The number of aromatic nitrogens is 1. The number of nitrogens with zero attached hydrogens (tertiary/aromatic N) is 1. The Bertz CT molecular complexity index is 531. The van der Waals surface area contributed by atoms with E-state index in [2.05, 4.69) is 33.2 Å². The van der Waals surface area contributed by atoms with Gasteiger partial charge in [-0.2, -0.15) is 0 Å². The van der Waals surface area contributed by atoms with Gasteiger partial charge in [-0.15, -0.1) is 0 Å². The van der Waals surface area contributed by atoms with E-state index >= 15 is 0 Å². The second kappa shape index (κ2) is 6.68. The monoisotopic (exact) mass is 320 g/mol. The molecule has 1 heterocycles. The molecule has 0 amide bonds. The van der Waals surface area contributed by atoms with Gasteiger partial charge in [0.25, 0.3) is 0 Å². The molecule has 0 saturated heterocycles. The topological polar surface area (TPSA) is 34.1 Å². The maximum atomic E-state index is 5.24. The van der Waals surface area contributed by atoms with Gasteiger partial charge in [0.2, 0.25) is 0 Å². The van der Waals surface area contributed by atoms with Crippen LogP contribution in [0, 0.1) is 0 Å². The van der Waals surface area contributed by atoms with Gasteiger partial charge in [0.05, 0.1) is 7.11 Å². The number of hydrogen-bond donors (Lipinski definition) is 1. The fourth-order valence-corrected chi connectivity index (χ4v) is 2.23. The van der Waals surface area contributed by atoms with E-state index in [0.717, 1.165) is 16.8 Å². The van der Waals surface area contributed by atoms with Crippen LogP contribution < -0.4 is 10.1 Å². The summed E-state index contributed by atoms with van der Waals surface area (Å²) in [6.07, 6.45) is 3.63. The summed E-state index contributed by atoms with van der Waals surface area (Å²) in [5, 5.41) is 3.49. The van der Waals surface area contributed by atoms with Crippen LogP contribution in [0.2, 0.25) is 0 Å². The van der Waals surface area contributed by atoms with Crippen molar-refractivity contribution < 1.29 is 4.74 Å². The highest BCUT2D eigenvalue weighted by Crippen LogP contribution is 2.23. The van der Waals surface area contributed by atoms with Crippen molar-refractivity contribution in [2.75, 3.05) is 7.11 Å². The molecule has 0 bridgehead atoms. The van der Waals surface area contributed by atoms with E-state index < -0.39 is 0 Å². The first-order valence-electron chi connectivity index (χ1n) is 6.16. The number of ether oxygens (including phenoxy) is 1. The van der Waals surface area contributed by atoms with E-state index in [0.29, 0.717) is 0 Å². The highest BCUT2D eigenvalue weighted by atomic mass is 79.9. The van der Waals surface area contributed by atoms with E-state index in [1.54, 1.807) is 7.11 Å². The number of methoxy groups -OCH3 is 1. The zero-order valence-electron chi connectivity index (χ0n) is 11.1. The molecular weight excluding hydrogens is 304 g/mol. The largest absolute Gasteiger partial charge is 0.497 e. The van der Waals surface area contributed by atoms with Gasteiger partial charge in [-0.3, -0.25) is 4.98 Å². The summed E-state index contributed by atoms with van der Waals surface area (Å²) in [6.45, 7) is 2.92. The van der Waals surface area contributed by atoms with Crippen molar-refractivity contribution in [1.82, 2.24) is 10.3 Å². The van der Waals surface area contributed by atoms with Crippen LogP contribution in [-0.4, -0.2) is 12.1 Å². The minimum Gasteiger partial charge on any atom is -0.497 e. The molecule has 0 aliphatic heterocycles. The molecule has 0 saturated carbocycles. The Morgan fingerprint density at radius 3 is 2.68 bits per heavy atom. The summed E-state index contributed by atoms with van der Waals surface area (Å²) in [6, 6.07) is 10.3. The van der Waals surface area contributed by atoms with Crippen LogP contribution >= 0.6 is 15.9 Å². The van der Waals surface area contributed by atoms with Crippen LogP contribution in [0.15, 0.2) is 47.2 Å². The Morgan fingerprint density at radius 1 is 1.26 bits per heavy atom. The molecule has 0 aliphatic rings. The van der Waals surface area contributed by atoms with Crippen LogP contribution in [0.1, 0.15) is 24.1 Å². The van der Waals surface area contributed by atoms with Crippen molar-refractivity contribution >= 4 is 15.9 Å². The SMILES string of the molecule is COc1ccc(Br)c(CNC(C)c2ccncc2)c1. The first kappa shape index (κ1) is 14.0. The zero-order chi connectivity index (χ0) is 13.7. The normalized spacial score (nSPS) is 12.2. The Morgan fingerprint density at radius 2 is 2.00 bits per heavy atom. The predicted molar refractivity (Wildman–Crippen MR) is 80.2 cm³/mol. The summed E-state index contributed by atoms with van der Waals surface area (Å²) in [5.41, 5.74) is 2.41. The van der Waals surface area contributed by atoms with E-state index in [1.165, 1.54) is 11.1 Å². The summed E-state index contributed by atoms with van der Waals surface area (Å²) >= 11 is 3.56. The third-order valence-electron chi connectivity index (χ3n) is 3.06. The van der Waals surface area contributed by atoms with Crippen LogP contribution in [0.5, 0.6) is 5.75 Å². The molecule has 19 heavy (non-hydrogen) atoms. The molecule has 100 valence electrons. The molecule has 1 aromatic carbocycles. The number of nitrogens with one attached hydrogen (secondary N) is 1. The van der Waals surface area contributed by atoms with Crippen molar-refractivity contribution in [3.8, 4) is 5.75 Å². The molecule has 1 N–H and O–H groups in total. The molecule has 0 spiro atoms. The number of rotatable bonds is 5. The third kappa shape index (κ3) is 3.78. The number of hydrogen-bond acceptors (Lipinski definition) is 3. The quantitative estimate of drug-likeness (QED) is 0.912. The number of halogens is 1. The highest BCUT2D eigenvalue weighted by molar-refractivity contribution is 9.10. The lowest BCUT2D eigenvalue weighted by atomic mass is 10.1. The van der Waals surface area contributed by atoms with Gasteiger partial charge in [-0.1, -0.05) is 15.9 Å². The average Bonchev–Trinajstić information content (AvgIpc) is 2.47. The molecule has 3 nitrogen and oxygen atoms in total. The lowest BCUT2D eigenvalue weighted by molar-refractivity contribution is 0.413. The predicted octanol–water partition coefficient (Wildman–Crippen LogP) is 3.70. The Labute approximate surface area is 122 Å². The van der Waals surface area contributed by atoms with Crippen LogP contribution in [0.3, 0.4) is 0 Å². The summed E-state index contributed by atoms with van der Waals surface area (Å²) < 4.78 is 6.33. The summed E-state index contributed by atoms with van der Waals surface area (Å²) in [4.78, 5) is 4.03. The van der Waals surface area contributed by atoms with Crippen LogP contribution in [-0.2, 0) is 6.54 Å². The van der Waals surface area contributed by atoms with Gasteiger partial charge in [-0.25, -0.2) is 0 Å². The van der Waals surface area contributed by atoms with Crippen molar-refractivity contribution in [3.05, 3.63) is 58.3 Å². The third-order valence-corrected chi connectivity index (χ3v) is 3.83. The molecule has 1 aromatic heterocycles. The van der Waals surface area contributed by atoms with Crippen LogP contribution in [0.25, 0.3) is 0 Å². The van der Waals surface area contributed by atoms with Gasteiger partial charge < -0.3 is 10.1 Å². The summed E-state index contributed by atoms with van der Waals surface area (Å²) in [7, 11) is 1.68. The maximum Gasteiger partial charge on any atom is 0.119 e. The fraction of sp³-hybridized carbons (Fsp3) is 0.267. The molecule has 0 fully saturated rings. The first-order chi connectivity index (χ1) is 9.20. The molecule has 2 rings (SSSR count). The molecule has 0 aliphatic carbocycles. The second-order valence-corrected chi connectivity index (χ2v) is 5.19. The molecular formula is C15H17BrN2O. The minimum atomic E-state index is 0.279. The second-order valence-electron chi connectivity index (χ2n) is 4.34. The van der Waals surface area contributed by atoms with E-state index in [1.807, 2.05) is 42.7 Å². The first-order valence-corrected chi connectivity index (χ1v) is 6.95. The lowest BCUT2D eigenvalue weighted by Crippen LogP contribution is -2.18. The van der Waals surface area contributed by atoms with Gasteiger partial charge in [0, 0.05) is 29.5 Å². The van der Waals surface area contributed by atoms with Gasteiger partial charge >= 0.3 is 0 Å². The molecule has 1 atom stereocenters.